The number of benzene rings is 1. The van der Waals surface area contributed by atoms with Gasteiger partial charge in [-0.05, 0) is 19.1 Å². The maximum absolute atomic E-state index is 8.59. The maximum atomic E-state index is 8.59. The lowest BCUT2D eigenvalue weighted by molar-refractivity contribution is 0.0937. The smallest absolute Gasteiger partial charge is 0.123 e. The van der Waals surface area contributed by atoms with Crippen molar-refractivity contribution in [3.63, 3.8) is 0 Å². The highest BCUT2D eigenvalue weighted by molar-refractivity contribution is 5.75. The Labute approximate surface area is 113 Å². The standard InChI is InChI=1S/C14H21N3O2/c1-2-17-13-6-4-3-5-12(13)16-14(17)11-15-7-9-19-10-8-18/h3-6,15,18H,2,7-11H2,1H3. The fourth-order valence-corrected chi connectivity index (χ4v) is 2.12. The van der Waals surface area contributed by atoms with Gasteiger partial charge in [-0.1, -0.05) is 12.1 Å². The van der Waals surface area contributed by atoms with Crippen LogP contribution < -0.4 is 5.32 Å². The van der Waals surface area contributed by atoms with Gasteiger partial charge in [-0.2, -0.15) is 0 Å². The van der Waals surface area contributed by atoms with Crippen molar-refractivity contribution in [2.24, 2.45) is 0 Å². The minimum atomic E-state index is 0.0750. The number of fused-ring (bicyclic) bond motifs is 1. The number of ether oxygens (including phenoxy) is 1. The molecule has 0 atom stereocenters. The fraction of sp³-hybridized carbons (Fsp3) is 0.500. The molecule has 0 aliphatic rings. The summed E-state index contributed by atoms with van der Waals surface area (Å²) < 4.78 is 7.42. The predicted molar refractivity (Wildman–Crippen MR) is 75.0 cm³/mol. The van der Waals surface area contributed by atoms with Crippen molar-refractivity contribution in [3.8, 4) is 0 Å². The minimum absolute atomic E-state index is 0.0750. The van der Waals surface area contributed by atoms with Gasteiger partial charge in [0, 0.05) is 13.1 Å². The lowest BCUT2D eigenvalue weighted by Crippen LogP contribution is -2.22. The van der Waals surface area contributed by atoms with Crippen molar-refractivity contribution in [3.05, 3.63) is 30.1 Å². The van der Waals surface area contributed by atoms with E-state index in [4.69, 9.17) is 9.84 Å². The van der Waals surface area contributed by atoms with E-state index in [1.807, 2.05) is 18.2 Å². The van der Waals surface area contributed by atoms with Crippen LogP contribution in [-0.2, 0) is 17.8 Å². The number of aliphatic hydroxyl groups excluding tert-OH is 1. The van der Waals surface area contributed by atoms with E-state index >= 15 is 0 Å². The Hall–Kier alpha value is -1.43. The van der Waals surface area contributed by atoms with Gasteiger partial charge in [-0.3, -0.25) is 0 Å². The second kappa shape index (κ2) is 7.23. The fourth-order valence-electron chi connectivity index (χ4n) is 2.12. The van der Waals surface area contributed by atoms with Crippen molar-refractivity contribution in [2.45, 2.75) is 20.0 Å². The summed E-state index contributed by atoms with van der Waals surface area (Å²) >= 11 is 0. The van der Waals surface area contributed by atoms with Crippen molar-refractivity contribution in [1.29, 1.82) is 0 Å². The summed E-state index contributed by atoms with van der Waals surface area (Å²) in [7, 11) is 0. The molecule has 0 saturated carbocycles. The van der Waals surface area contributed by atoms with Crippen LogP contribution in [0.25, 0.3) is 11.0 Å². The van der Waals surface area contributed by atoms with Crippen molar-refractivity contribution >= 4 is 11.0 Å². The summed E-state index contributed by atoms with van der Waals surface area (Å²) in [6.07, 6.45) is 0. The van der Waals surface area contributed by atoms with Crippen molar-refractivity contribution in [2.75, 3.05) is 26.4 Å². The molecular weight excluding hydrogens is 242 g/mol. The number of hydrogen-bond donors (Lipinski definition) is 2. The van der Waals surface area contributed by atoms with Crippen LogP contribution in [0.3, 0.4) is 0 Å². The SMILES string of the molecule is CCn1c(CNCCOCCO)nc2ccccc21. The molecule has 0 unspecified atom stereocenters. The zero-order valence-electron chi connectivity index (χ0n) is 11.3. The average molecular weight is 263 g/mol. The van der Waals surface area contributed by atoms with Gasteiger partial charge in [-0.25, -0.2) is 4.98 Å². The summed E-state index contributed by atoms with van der Waals surface area (Å²) in [4.78, 5) is 4.64. The molecule has 0 fully saturated rings. The Morgan fingerprint density at radius 1 is 1.32 bits per heavy atom. The average Bonchev–Trinajstić information content (AvgIpc) is 2.80. The number of para-hydroxylation sites is 2. The second-order valence-electron chi connectivity index (χ2n) is 4.27. The van der Waals surface area contributed by atoms with E-state index in [1.54, 1.807) is 0 Å². The minimum Gasteiger partial charge on any atom is -0.394 e. The summed E-state index contributed by atoms with van der Waals surface area (Å²) in [6, 6.07) is 8.18. The van der Waals surface area contributed by atoms with Gasteiger partial charge in [0.2, 0.25) is 0 Å². The molecule has 0 aliphatic carbocycles. The molecule has 0 radical (unpaired) electrons. The first kappa shape index (κ1) is 14.0. The first-order valence-corrected chi connectivity index (χ1v) is 6.70. The molecule has 2 rings (SSSR count). The number of nitrogens with one attached hydrogen (secondary N) is 1. The molecule has 0 amide bonds. The van der Waals surface area contributed by atoms with Crippen LogP contribution in [0.15, 0.2) is 24.3 Å². The highest BCUT2D eigenvalue weighted by atomic mass is 16.5. The Bertz CT molecular complexity index is 510. The number of hydrogen-bond acceptors (Lipinski definition) is 4. The van der Waals surface area contributed by atoms with Gasteiger partial charge >= 0.3 is 0 Å². The van der Waals surface area contributed by atoms with Crippen LogP contribution in [0, 0.1) is 0 Å². The van der Waals surface area contributed by atoms with Crippen LogP contribution in [0.2, 0.25) is 0 Å². The normalized spacial score (nSPS) is 11.3. The van der Waals surface area contributed by atoms with Gasteiger partial charge in [0.25, 0.3) is 0 Å². The van der Waals surface area contributed by atoms with Crippen LogP contribution >= 0.6 is 0 Å². The van der Waals surface area contributed by atoms with Gasteiger partial charge in [-0.15, -0.1) is 0 Å². The maximum Gasteiger partial charge on any atom is 0.123 e. The Morgan fingerprint density at radius 2 is 2.16 bits per heavy atom. The third-order valence-electron chi connectivity index (χ3n) is 2.99. The molecule has 0 spiro atoms. The molecule has 0 aliphatic heterocycles. The molecule has 2 N–H and O–H groups in total. The summed E-state index contributed by atoms with van der Waals surface area (Å²) in [5.74, 6) is 1.05. The first-order chi connectivity index (χ1) is 9.36. The molecule has 1 aromatic carbocycles. The zero-order chi connectivity index (χ0) is 13.5. The van der Waals surface area contributed by atoms with Gasteiger partial charge in [0.1, 0.15) is 5.82 Å². The van der Waals surface area contributed by atoms with E-state index in [9.17, 15) is 0 Å². The molecule has 5 nitrogen and oxygen atoms in total. The van der Waals surface area contributed by atoms with Gasteiger partial charge in [0.05, 0.1) is 37.4 Å². The Balaban J connectivity index is 1.93. The number of aryl methyl sites for hydroxylation is 1. The Kier molecular flexibility index (Phi) is 5.32. The summed E-state index contributed by atoms with van der Waals surface area (Å²) in [5.41, 5.74) is 2.22. The van der Waals surface area contributed by atoms with Gasteiger partial charge < -0.3 is 19.7 Å². The van der Waals surface area contributed by atoms with E-state index in [0.29, 0.717) is 13.2 Å². The van der Waals surface area contributed by atoms with Crippen molar-refractivity contribution < 1.29 is 9.84 Å². The molecule has 0 bridgehead atoms. The van der Waals surface area contributed by atoms with Crippen LogP contribution in [-0.4, -0.2) is 41.0 Å². The van der Waals surface area contributed by atoms with Crippen LogP contribution in [0.5, 0.6) is 0 Å². The Morgan fingerprint density at radius 3 is 2.95 bits per heavy atom. The highest BCUT2D eigenvalue weighted by Crippen LogP contribution is 2.15. The van der Waals surface area contributed by atoms with E-state index in [0.717, 1.165) is 31.0 Å². The quantitative estimate of drug-likeness (QED) is 0.702. The second-order valence-corrected chi connectivity index (χ2v) is 4.27. The molecule has 0 saturated heterocycles. The number of rotatable bonds is 8. The lowest BCUT2D eigenvalue weighted by atomic mass is 10.3. The largest absolute Gasteiger partial charge is 0.394 e. The highest BCUT2D eigenvalue weighted by Gasteiger charge is 2.07. The first-order valence-electron chi connectivity index (χ1n) is 6.70. The van der Waals surface area contributed by atoms with Crippen molar-refractivity contribution in [1.82, 2.24) is 14.9 Å². The zero-order valence-corrected chi connectivity index (χ0v) is 11.3. The molecular formula is C14H21N3O2. The van der Waals surface area contributed by atoms with Gasteiger partial charge in [0.15, 0.2) is 0 Å². The molecule has 2 aromatic rings. The monoisotopic (exact) mass is 263 g/mol. The number of aliphatic hydroxyl groups is 1. The molecule has 104 valence electrons. The predicted octanol–water partition coefficient (Wildman–Crippen LogP) is 1.15. The summed E-state index contributed by atoms with van der Waals surface area (Å²) in [5, 5.41) is 11.9. The third kappa shape index (κ3) is 3.53. The molecule has 5 heteroatoms. The van der Waals surface area contributed by atoms with Crippen LogP contribution in [0.4, 0.5) is 0 Å². The number of imidazole rings is 1. The van der Waals surface area contributed by atoms with E-state index in [1.165, 1.54) is 5.52 Å². The number of aromatic nitrogens is 2. The molecule has 1 heterocycles. The summed E-state index contributed by atoms with van der Waals surface area (Å²) in [6.45, 7) is 5.60. The molecule has 1 aromatic heterocycles. The van der Waals surface area contributed by atoms with E-state index < -0.39 is 0 Å². The molecule has 19 heavy (non-hydrogen) atoms. The number of nitrogens with zero attached hydrogens (tertiary/aromatic N) is 2. The topological polar surface area (TPSA) is 59.3 Å². The lowest BCUT2D eigenvalue weighted by Gasteiger charge is -2.07. The van der Waals surface area contributed by atoms with E-state index in [-0.39, 0.29) is 6.61 Å². The third-order valence-corrected chi connectivity index (χ3v) is 2.99. The van der Waals surface area contributed by atoms with E-state index in [2.05, 4.69) is 27.9 Å². The van der Waals surface area contributed by atoms with Crippen LogP contribution in [0.1, 0.15) is 12.7 Å².